The molecule has 0 bridgehead atoms. The maximum Gasteiger partial charge on any atom is 0.123 e. The van der Waals surface area contributed by atoms with E-state index >= 15 is 0 Å². The average Bonchev–Trinajstić information content (AvgIpc) is 2.55. The summed E-state index contributed by atoms with van der Waals surface area (Å²) in [4.78, 5) is 2.41. The minimum Gasteiger partial charge on any atom is -0.310 e. The Kier molecular flexibility index (Phi) is 5.05. The molecule has 112 valence electrons. The van der Waals surface area contributed by atoms with E-state index in [2.05, 4.69) is 31.0 Å². The van der Waals surface area contributed by atoms with E-state index in [0.29, 0.717) is 17.6 Å². The standard InChI is InChI=1S/C16H24ClFN2/c1-4-16(3)11-20(12(2)7-8-19-16)10-13-9-14(18)5-6-15(13)17/h5-6,9,12,19H,4,7-8,10-11H2,1-3H3. The molecule has 2 atom stereocenters. The van der Waals surface area contributed by atoms with Crippen LogP contribution in [0.25, 0.3) is 0 Å². The molecule has 1 saturated heterocycles. The van der Waals surface area contributed by atoms with Gasteiger partial charge in [0, 0.05) is 29.7 Å². The molecule has 20 heavy (non-hydrogen) atoms. The van der Waals surface area contributed by atoms with Crippen LogP contribution in [0, 0.1) is 5.82 Å². The molecular formula is C16H24ClFN2. The van der Waals surface area contributed by atoms with Crippen LogP contribution in [0.1, 0.15) is 39.2 Å². The first kappa shape index (κ1) is 15.7. The summed E-state index contributed by atoms with van der Waals surface area (Å²) in [6, 6.07) is 5.08. The van der Waals surface area contributed by atoms with Gasteiger partial charge in [-0.1, -0.05) is 18.5 Å². The minimum atomic E-state index is -0.219. The monoisotopic (exact) mass is 298 g/mol. The summed E-state index contributed by atoms with van der Waals surface area (Å²) in [7, 11) is 0. The van der Waals surface area contributed by atoms with Gasteiger partial charge in [0.15, 0.2) is 0 Å². The summed E-state index contributed by atoms with van der Waals surface area (Å²) in [6.45, 7) is 9.38. The predicted molar refractivity (Wildman–Crippen MR) is 82.6 cm³/mol. The van der Waals surface area contributed by atoms with E-state index in [1.165, 1.54) is 6.07 Å². The second kappa shape index (κ2) is 6.42. The van der Waals surface area contributed by atoms with Gasteiger partial charge in [-0.25, -0.2) is 4.39 Å². The van der Waals surface area contributed by atoms with Crippen molar-refractivity contribution in [2.45, 2.75) is 51.7 Å². The Hall–Kier alpha value is -0.640. The summed E-state index contributed by atoms with van der Waals surface area (Å²) >= 11 is 6.20. The number of rotatable bonds is 3. The first-order valence-electron chi connectivity index (χ1n) is 7.36. The van der Waals surface area contributed by atoms with Gasteiger partial charge in [0.2, 0.25) is 0 Å². The zero-order chi connectivity index (χ0) is 14.8. The third-order valence-electron chi connectivity index (χ3n) is 4.45. The van der Waals surface area contributed by atoms with E-state index in [0.717, 1.165) is 31.5 Å². The molecule has 1 aromatic carbocycles. The molecule has 0 aromatic heterocycles. The van der Waals surface area contributed by atoms with Crippen molar-refractivity contribution in [1.29, 1.82) is 0 Å². The molecule has 1 aliphatic heterocycles. The van der Waals surface area contributed by atoms with Crippen LogP contribution in [0.15, 0.2) is 18.2 Å². The highest BCUT2D eigenvalue weighted by atomic mass is 35.5. The molecule has 1 heterocycles. The molecule has 1 aliphatic rings. The van der Waals surface area contributed by atoms with Gasteiger partial charge in [-0.05, 0) is 57.0 Å². The van der Waals surface area contributed by atoms with E-state index in [1.807, 2.05) is 0 Å². The molecule has 0 spiro atoms. The first-order valence-corrected chi connectivity index (χ1v) is 7.74. The highest BCUT2D eigenvalue weighted by molar-refractivity contribution is 6.31. The largest absolute Gasteiger partial charge is 0.310 e. The van der Waals surface area contributed by atoms with Gasteiger partial charge in [-0.15, -0.1) is 0 Å². The highest BCUT2D eigenvalue weighted by Gasteiger charge is 2.30. The number of nitrogens with zero attached hydrogens (tertiary/aromatic N) is 1. The van der Waals surface area contributed by atoms with E-state index < -0.39 is 0 Å². The quantitative estimate of drug-likeness (QED) is 0.912. The number of hydrogen-bond donors (Lipinski definition) is 1. The summed E-state index contributed by atoms with van der Waals surface area (Å²) in [5.74, 6) is -0.219. The molecule has 2 unspecified atom stereocenters. The van der Waals surface area contributed by atoms with Crippen molar-refractivity contribution >= 4 is 11.6 Å². The van der Waals surface area contributed by atoms with Crippen LogP contribution in [0.2, 0.25) is 5.02 Å². The van der Waals surface area contributed by atoms with Crippen molar-refractivity contribution in [2.24, 2.45) is 0 Å². The Morgan fingerprint density at radius 1 is 1.50 bits per heavy atom. The van der Waals surface area contributed by atoms with Crippen molar-refractivity contribution in [2.75, 3.05) is 13.1 Å². The molecule has 1 fully saturated rings. The fourth-order valence-corrected chi connectivity index (χ4v) is 2.93. The van der Waals surface area contributed by atoms with Crippen LogP contribution in [0.4, 0.5) is 4.39 Å². The molecular weight excluding hydrogens is 275 g/mol. The van der Waals surface area contributed by atoms with E-state index in [9.17, 15) is 4.39 Å². The molecule has 1 N–H and O–H groups in total. The highest BCUT2D eigenvalue weighted by Crippen LogP contribution is 2.24. The first-order chi connectivity index (χ1) is 9.43. The molecule has 4 heteroatoms. The Labute approximate surface area is 126 Å². The molecule has 2 nitrogen and oxygen atoms in total. The zero-order valence-corrected chi connectivity index (χ0v) is 13.3. The van der Waals surface area contributed by atoms with E-state index in [1.54, 1.807) is 12.1 Å². The van der Waals surface area contributed by atoms with Crippen molar-refractivity contribution in [1.82, 2.24) is 10.2 Å². The predicted octanol–water partition coefficient (Wildman–Crippen LogP) is 3.83. The van der Waals surface area contributed by atoms with Crippen molar-refractivity contribution in [3.63, 3.8) is 0 Å². The molecule has 0 amide bonds. The normalized spacial score (nSPS) is 28.4. The van der Waals surface area contributed by atoms with Crippen LogP contribution in [-0.4, -0.2) is 29.6 Å². The molecule has 1 aromatic rings. The maximum absolute atomic E-state index is 13.4. The van der Waals surface area contributed by atoms with Crippen molar-refractivity contribution in [3.8, 4) is 0 Å². The average molecular weight is 299 g/mol. The van der Waals surface area contributed by atoms with Crippen molar-refractivity contribution in [3.05, 3.63) is 34.6 Å². The van der Waals surface area contributed by atoms with Crippen LogP contribution >= 0.6 is 11.6 Å². The Morgan fingerprint density at radius 2 is 2.25 bits per heavy atom. The maximum atomic E-state index is 13.4. The SMILES string of the molecule is CCC1(C)CN(Cc2cc(F)ccc2Cl)C(C)CCN1. The van der Waals surface area contributed by atoms with Gasteiger partial charge in [-0.3, -0.25) is 4.90 Å². The second-order valence-corrected chi connectivity index (χ2v) is 6.53. The fourth-order valence-electron chi connectivity index (χ4n) is 2.76. The summed E-state index contributed by atoms with van der Waals surface area (Å²) in [5, 5.41) is 4.28. The molecule has 0 aliphatic carbocycles. The lowest BCUT2D eigenvalue weighted by molar-refractivity contribution is 0.163. The third-order valence-corrected chi connectivity index (χ3v) is 4.82. The lowest BCUT2D eigenvalue weighted by Gasteiger charge is -2.35. The van der Waals surface area contributed by atoms with Gasteiger partial charge < -0.3 is 5.32 Å². The lowest BCUT2D eigenvalue weighted by Crippen LogP contribution is -2.49. The number of halogens is 2. The van der Waals surface area contributed by atoms with Gasteiger partial charge in [-0.2, -0.15) is 0 Å². The summed E-state index contributed by atoms with van der Waals surface area (Å²) in [5.41, 5.74) is 0.990. The van der Waals surface area contributed by atoms with Gasteiger partial charge >= 0.3 is 0 Å². The second-order valence-electron chi connectivity index (χ2n) is 6.12. The van der Waals surface area contributed by atoms with Crippen LogP contribution in [0.5, 0.6) is 0 Å². The Balaban J connectivity index is 2.18. The molecule has 2 rings (SSSR count). The number of hydrogen-bond acceptors (Lipinski definition) is 2. The van der Waals surface area contributed by atoms with Gasteiger partial charge in [0.1, 0.15) is 5.82 Å². The Bertz CT molecular complexity index is 466. The van der Waals surface area contributed by atoms with Crippen molar-refractivity contribution < 1.29 is 4.39 Å². The van der Waals surface area contributed by atoms with E-state index in [-0.39, 0.29) is 11.4 Å². The van der Waals surface area contributed by atoms with Crippen LogP contribution in [0.3, 0.4) is 0 Å². The van der Waals surface area contributed by atoms with E-state index in [4.69, 9.17) is 11.6 Å². The summed E-state index contributed by atoms with van der Waals surface area (Å²) < 4.78 is 13.4. The fraction of sp³-hybridized carbons (Fsp3) is 0.625. The zero-order valence-electron chi connectivity index (χ0n) is 12.5. The molecule has 0 radical (unpaired) electrons. The number of nitrogens with one attached hydrogen (secondary N) is 1. The smallest absolute Gasteiger partial charge is 0.123 e. The lowest BCUT2D eigenvalue weighted by atomic mass is 9.98. The molecule has 0 saturated carbocycles. The van der Waals surface area contributed by atoms with Crippen LogP contribution < -0.4 is 5.32 Å². The van der Waals surface area contributed by atoms with Crippen LogP contribution in [-0.2, 0) is 6.54 Å². The Morgan fingerprint density at radius 3 is 2.95 bits per heavy atom. The third kappa shape index (κ3) is 3.72. The van der Waals surface area contributed by atoms with Gasteiger partial charge in [0.05, 0.1) is 0 Å². The summed E-state index contributed by atoms with van der Waals surface area (Å²) in [6.07, 6.45) is 2.18. The number of benzene rings is 1. The minimum absolute atomic E-state index is 0.116. The topological polar surface area (TPSA) is 15.3 Å². The van der Waals surface area contributed by atoms with Gasteiger partial charge in [0.25, 0.3) is 0 Å².